The van der Waals surface area contributed by atoms with E-state index in [0.717, 1.165) is 6.42 Å². The van der Waals surface area contributed by atoms with E-state index < -0.39 is 42.2 Å². The molecule has 0 saturated carbocycles. The number of hydrogen-bond acceptors (Lipinski definition) is 7. The number of carboxylic acids is 1. The van der Waals surface area contributed by atoms with Crippen LogP contribution in [-0.2, 0) is 19.2 Å². The number of likely N-dealkylation sites (tertiary alicyclic amines) is 1. The maximum absolute atomic E-state index is 12.9. The number of hydrogen-bond donors (Lipinski definition) is 4. The lowest BCUT2D eigenvalue weighted by atomic mass is 9.78. The lowest BCUT2D eigenvalue weighted by Gasteiger charge is -2.47. The Morgan fingerprint density at radius 2 is 2.06 bits per heavy atom. The Balaban J connectivity index is 1.43. The summed E-state index contributed by atoms with van der Waals surface area (Å²) in [4.78, 5) is 52.8. The maximum Gasteiger partial charge on any atom is 0.353 e. The molecule has 0 aromatic carbocycles. The zero-order chi connectivity index (χ0) is 25.6. The molecule has 0 unspecified atom stereocenters. The van der Waals surface area contributed by atoms with Crippen molar-refractivity contribution >= 4 is 35.5 Å². The average molecular weight is 516 g/mol. The van der Waals surface area contributed by atoms with Gasteiger partial charge in [-0.2, -0.15) is 8.78 Å². The first-order valence-corrected chi connectivity index (χ1v) is 12.7. The van der Waals surface area contributed by atoms with Crippen molar-refractivity contribution in [2.24, 2.45) is 23.5 Å². The molecular formula is C22H31F2N5O5S. The van der Waals surface area contributed by atoms with Gasteiger partial charge in [0.25, 0.3) is 5.91 Å². The summed E-state index contributed by atoms with van der Waals surface area (Å²) < 4.78 is 25.3. The van der Waals surface area contributed by atoms with Gasteiger partial charge in [0, 0.05) is 41.7 Å². The maximum atomic E-state index is 12.9. The first-order chi connectivity index (χ1) is 16.5. The fourth-order valence-corrected chi connectivity index (χ4v) is 7.16. The molecule has 3 amide bonds. The number of alkyl halides is 2. The van der Waals surface area contributed by atoms with E-state index in [0.29, 0.717) is 43.4 Å². The van der Waals surface area contributed by atoms with Crippen LogP contribution in [0.1, 0.15) is 26.7 Å². The number of halogens is 2. The molecule has 0 aliphatic carbocycles. The highest BCUT2D eigenvalue weighted by molar-refractivity contribution is 8.03. The van der Waals surface area contributed by atoms with E-state index in [2.05, 4.69) is 10.6 Å². The van der Waals surface area contributed by atoms with Gasteiger partial charge in [0.1, 0.15) is 5.70 Å². The van der Waals surface area contributed by atoms with Crippen molar-refractivity contribution in [3.05, 3.63) is 10.6 Å². The topological polar surface area (TPSA) is 145 Å². The zero-order valence-electron chi connectivity index (χ0n) is 19.6. The third-order valence-corrected chi connectivity index (χ3v) is 9.02. The first-order valence-electron chi connectivity index (χ1n) is 11.8. The predicted octanol–water partition coefficient (Wildman–Crippen LogP) is -0.200. The van der Waals surface area contributed by atoms with Gasteiger partial charge in [-0.1, -0.05) is 6.92 Å². The normalized spacial score (nSPS) is 33.3. The monoisotopic (exact) mass is 515 g/mol. The van der Waals surface area contributed by atoms with Crippen LogP contribution in [0.25, 0.3) is 0 Å². The van der Waals surface area contributed by atoms with Crippen LogP contribution >= 0.6 is 11.8 Å². The molecule has 35 heavy (non-hydrogen) atoms. The third kappa shape index (κ3) is 4.65. The van der Waals surface area contributed by atoms with Gasteiger partial charge in [-0.3, -0.25) is 14.4 Å². The summed E-state index contributed by atoms with van der Waals surface area (Å²) in [6.45, 7) is 5.68. The Hall–Kier alpha value is -2.25. The van der Waals surface area contributed by atoms with Crippen LogP contribution in [0.15, 0.2) is 10.6 Å². The Kier molecular flexibility index (Phi) is 7.39. The van der Waals surface area contributed by atoms with E-state index in [1.807, 2.05) is 4.90 Å². The summed E-state index contributed by atoms with van der Waals surface area (Å²) in [5.41, 5.74) is 5.63. The number of carboxylic acid groups (broad SMARTS) is 1. The molecule has 4 aliphatic rings. The van der Waals surface area contributed by atoms with Crippen molar-refractivity contribution in [2.75, 3.05) is 26.2 Å². The minimum Gasteiger partial charge on any atom is -0.477 e. The quantitative estimate of drug-likeness (QED) is 0.325. The summed E-state index contributed by atoms with van der Waals surface area (Å²) in [6.07, 6.45) is -1.78. The Morgan fingerprint density at radius 3 is 2.66 bits per heavy atom. The molecule has 10 nitrogen and oxygen atoms in total. The lowest BCUT2D eigenvalue weighted by molar-refractivity contribution is -0.159. The van der Waals surface area contributed by atoms with E-state index in [-0.39, 0.29) is 28.8 Å². The molecular weight excluding hydrogens is 484 g/mol. The van der Waals surface area contributed by atoms with Crippen LogP contribution in [0, 0.1) is 17.8 Å². The van der Waals surface area contributed by atoms with Crippen LogP contribution in [-0.4, -0.2) is 94.6 Å². The van der Waals surface area contributed by atoms with Crippen LogP contribution in [0.2, 0.25) is 0 Å². The second-order valence-corrected chi connectivity index (χ2v) is 11.1. The second kappa shape index (κ2) is 10.0. The SMILES string of the molecule is C[C@@H](NC(=O)C(F)F)[C@H]1C(=O)N2C(C(=O)O)=C(S[C@@H]3CN[C@H](C(=O)N4CC[C@H](CN)C4)C3)[C@H](C)[C@H]12. The van der Waals surface area contributed by atoms with Gasteiger partial charge in [-0.25, -0.2) is 4.79 Å². The highest BCUT2D eigenvalue weighted by atomic mass is 32.2. The van der Waals surface area contributed by atoms with E-state index in [9.17, 15) is 33.1 Å². The van der Waals surface area contributed by atoms with Crippen LogP contribution in [0.4, 0.5) is 8.78 Å². The molecule has 0 aromatic heterocycles. The number of thioether (sulfide) groups is 1. The first kappa shape index (κ1) is 25.8. The number of nitrogens with two attached hydrogens (primary N) is 1. The summed E-state index contributed by atoms with van der Waals surface area (Å²) in [5, 5.41) is 15.2. The number of amides is 3. The van der Waals surface area contributed by atoms with Crippen LogP contribution < -0.4 is 16.4 Å². The second-order valence-electron chi connectivity index (χ2n) is 9.74. The van der Waals surface area contributed by atoms with Gasteiger partial charge in [0.15, 0.2) is 0 Å². The van der Waals surface area contributed by atoms with E-state index >= 15 is 0 Å². The zero-order valence-corrected chi connectivity index (χ0v) is 20.4. The van der Waals surface area contributed by atoms with Gasteiger partial charge >= 0.3 is 12.4 Å². The minimum absolute atomic E-state index is 0.0265. The molecule has 13 heteroatoms. The number of rotatable bonds is 8. The Bertz CT molecular complexity index is 949. The number of carbonyl (C=O) groups excluding carboxylic acids is 3. The molecule has 0 radical (unpaired) electrons. The highest BCUT2D eigenvalue weighted by Crippen LogP contribution is 2.51. The Morgan fingerprint density at radius 1 is 1.34 bits per heavy atom. The molecule has 194 valence electrons. The van der Waals surface area contributed by atoms with Crippen molar-refractivity contribution in [2.45, 2.75) is 56.5 Å². The summed E-state index contributed by atoms with van der Waals surface area (Å²) in [5.74, 6) is -3.99. The molecule has 0 aromatic rings. The summed E-state index contributed by atoms with van der Waals surface area (Å²) >= 11 is 1.35. The Labute approximate surface area is 206 Å². The number of fused-ring (bicyclic) bond motifs is 1. The number of nitrogens with one attached hydrogen (secondary N) is 2. The smallest absolute Gasteiger partial charge is 0.353 e. The largest absolute Gasteiger partial charge is 0.477 e. The van der Waals surface area contributed by atoms with E-state index in [1.54, 1.807) is 6.92 Å². The summed E-state index contributed by atoms with van der Waals surface area (Å²) in [7, 11) is 0. The molecule has 7 atom stereocenters. The van der Waals surface area contributed by atoms with Crippen molar-refractivity contribution in [1.82, 2.24) is 20.4 Å². The number of carbonyl (C=O) groups is 4. The molecule has 4 rings (SSSR count). The van der Waals surface area contributed by atoms with Crippen LogP contribution in [0.3, 0.4) is 0 Å². The number of nitrogens with zero attached hydrogens (tertiary/aromatic N) is 2. The number of aliphatic carboxylic acids is 1. The number of β-lactam (4-membered cyclic amide) rings is 1. The van der Waals surface area contributed by atoms with Gasteiger partial charge < -0.3 is 31.3 Å². The van der Waals surface area contributed by atoms with Gasteiger partial charge in [0.05, 0.1) is 18.0 Å². The van der Waals surface area contributed by atoms with Crippen molar-refractivity contribution in [1.29, 1.82) is 0 Å². The van der Waals surface area contributed by atoms with Crippen LogP contribution in [0.5, 0.6) is 0 Å². The molecule has 0 spiro atoms. The molecule has 4 heterocycles. The average Bonchev–Trinajstić information content (AvgIpc) is 3.52. The van der Waals surface area contributed by atoms with Crippen molar-refractivity contribution in [3.8, 4) is 0 Å². The highest BCUT2D eigenvalue weighted by Gasteiger charge is 2.60. The van der Waals surface area contributed by atoms with E-state index in [1.165, 1.54) is 23.6 Å². The molecule has 3 saturated heterocycles. The van der Waals surface area contributed by atoms with Gasteiger partial charge in [-0.15, -0.1) is 11.8 Å². The minimum atomic E-state index is -3.20. The predicted molar refractivity (Wildman–Crippen MR) is 123 cm³/mol. The fourth-order valence-electron chi connectivity index (χ4n) is 5.68. The third-order valence-electron chi connectivity index (χ3n) is 7.51. The fraction of sp³-hybridized carbons (Fsp3) is 0.727. The van der Waals surface area contributed by atoms with Crippen molar-refractivity contribution < 1.29 is 33.1 Å². The lowest BCUT2D eigenvalue weighted by Crippen LogP contribution is -2.66. The molecule has 4 aliphatic heterocycles. The molecule has 5 N–H and O–H groups in total. The molecule has 0 bridgehead atoms. The summed E-state index contributed by atoms with van der Waals surface area (Å²) in [6, 6.07) is -1.75. The molecule has 3 fully saturated rings. The standard InChI is InChI=1S/C22H31F2N5O5S/c1-9-15-14(10(2)27-19(30)18(23)24)21(32)29(15)16(22(33)34)17(9)35-12-5-13(26-7-12)20(31)28-4-3-11(6-25)8-28/h9-15,18,26H,3-8,25H2,1-2H3,(H,27,30)(H,33,34)/t9-,10-,11-,12+,13+,14-,15-/m1/s1. The van der Waals surface area contributed by atoms with Crippen molar-refractivity contribution in [3.63, 3.8) is 0 Å². The van der Waals surface area contributed by atoms with Gasteiger partial charge in [-0.05, 0) is 32.2 Å². The van der Waals surface area contributed by atoms with E-state index in [4.69, 9.17) is 5.73 Å². The van der Waals surface area contributed by atoms with Gasteiger partial charge in [0.2, 0.25) is 11.8 Å².